The molecule has 7 nitrogen and oxygen atoms in total. The normalized spacial score (nSPS) is 20.2. The van der Waals surface area contributed by atoms with Crippen molar-refractivity contribution >= 4 is 51.5 Å². The molecule has 1 amide bonds. The van der Waals surface area contributed by atoms with Crippen LogP contribution in [0.1, 0.15) is 32.1 Å². The Morgan fingerprint density at radius 1 is 1.50 bits per heavy atom. The number of carbonyl (C=O) groups excluding carboxylic acids is 1. The van der Waals surface area contributed by atoms with Crippen LogP contribution in [0.2, 0.25) is 10.2 Å². The number of aromatic nitrogens is 2. The summed E-state index contributed by atoms with van der Waals surface area (Å²) in [5, 5.41) is 12.5. The third kappa shape index (κ3) is 3.65. The van der Waals surface area contributed by atoms with Crippen molar-refractivity contribution in [2.24, 2.45) is 0 Å². The fraction of sp³-hybridized carbons (Fsp3) is 0.400. The highest BCUT2D eigenvalue weighted by Gasteiger charge is 2.33. The minimum atomic E-state index is -1.34. The number of nitrogens with zero attached hydrogens (tertiary/aromatic N) is 2. The van der Waals surface area contributed by atoms with Crippen molar-refractivity contribution in [1.29, 1.82) is 0 Å². The van der Waals surface area contributed by atoms with E-state index in [2.05, 4.69) is 15.3 Å². The van der Waals surface area contributed by atoms with Crippen LogP contribution >= 0.6 is 34.5 Å². The Bertz CT molecular complexity index is 856. The van der Waals surface area contributed by atoms with Crippen LogP contribution in [-0.2, 0) is 0 Å². The number of carboxylic acid groups (broad SMARTS) is 1. The Kier molecular flexibility index (Phi) is 5.40. The molecule has 0 saturated carbocycles. The molecule has 0 unspecified atom stereocenters. The summed E-state index contributed by atoms with van der Waals surface area (Å²) < 4.78 is 14.5. The van der Waals surface area contributed by atoms with Crippen LogP contribution in [-0.4, -0.2) is 52.3 Å². The molecule has 1 aliphatic heterocycles. The number of piperidine rings is 1. The molecule has 0 aromatic carbocycles. The van der Waals surface area contributed by atoms with E-state index in [0.29, 0.717) is 23.7 Å². The Hall–Kier alpha value is -1.84. The van der Waals surface area contributed by atoms with Crippen LogP contribution in [0, 0.1) is 6.92 Å². The number of alkyl halides is 1. The Balaban J connectivity index is 1.64. The maximum Gasteiger partial charge on any atom is 0.347 e. The van der Waals surface area contributed by atoms with E-state index < -0.39 is 24.1 Å². The van der Waals surface area contributed by atoms with E-state index in [-0.39, 0.29) is 27.3 Å². The number of anilines is 1. The number of rotatable bonds is 4. The standard InChI is InChI=1S/C15H15Cl2FN4O3S/c1-6-10(16)11(21-12(6)17)13(23)20-8-2-3-22(5-7(8)18)15-19-4-9(26-15)14(24)25/h4,7-8,21H,2-3,5H2,1H3,(H,20,23)(H,24,25)/t7-,8+/m0/s1. The lowest BCUT2D eigenvalue weighted by Crippen LogP contribution is -2.52. The van der Waals surface area contributed by atoms with Crippen LogP contribution in [0.4, 0.5) is 9.52 Å². The molecule has 0 aliphatic carbocycles. The molecule has 0 bridgehead atoms. The van der Waals surface area contributed by atoms with Crippen molar-refractivity contribution in [1.82, 2.24) is 15.3 Å². The molecule has 2 aromatic heterocycles. The molecule has 2 aromatic rings. The number of aromatic amines is 1. The van der Waals surface area contributed by atoms with Gasteiger partial charge in [-0.3, -0.25) is 4.79 Å². The first-order valence-electron chi connectivity index (χ1n) is 7.70. The molecular formula is C15H15Cl2FN4O3S. The molecule has 1 saturated heterocycles. The van der Waals surface area contributed by atoms with Crippen LogP contribution in [0.3, 0.4) is 0 Å². The zero-order chi connectivity index (χ0) is 19.0. The predicted octanol–water partition coefficient (Wildman–Crippen LogP) is 3.13. The van der Waals surface area contributed by atoms with Crippen molar-refractivity contribution in [2.45, 2.75) is 25.6 Å². The predicted molar refractivity (Wildman–Crippen MR) is 97.6 cm³/mol. The lowest BCUT2D eigenvalue weighted by Gasteiger charge is -2.34. The third-order valence-electron chi connectivity index (χ3n) is 4.17. The van der Waals surface area contributed by atoms with Gasteiger partial charge in [0.05, 0.1) is 23.8 Å². The first-order chi connectivity index (χ1) is 12.3. The SMILES string of the molecule is Cc1c(Cl)[nH]c(C(=O)N[C@@H]2CCN(c3ncc(C(=O)O)s3)C[C@@H]2F)c1Cl. The first kappa shape index (κ1) is 18.9. The molecule has 1 fully saturated rings. The molecule has 2 atom stereocenters. The minimum Gasteiger partial charge on any atom is -0.477 e. The zero-order valence-electron chi connectivity index (χ0n) is 13.6. The van der Waals surface area contributed by atoms with Gasteiger partial charge in [-0.2, -0.15) is 0 Å². The lowest BCUT2D eigenvalue weighted by atomic mass is 10.0. The number of nitrogens with one attached hydrogen (secondary N) is 2. The second-order valence-electron chi connectivity index (χ2n) is 5.90. The summed E-state index contributed by atoms with van der Waals surface area (Å²) in [7, 11) is 0. The molecule has 140 valence electrons. The molecule has 0 radical (unpaired) electrons. The summed E-state index contributed by atoms with van der Waals surface area (Å²) in [5.74, 6) is -1.59. The number of aromatic carboxylic acids is 1. The van der Waals surface area contributed by atoms with Crippen LogP contribution < -0.4 is 10.2 Å². The van der Waals surface area contributed by atoms with Gasteiger partial charge < -0.3 is 20.3 Å². The van der Waals surface area contributed by atoms with Gasteiger partial charge in [0.1, 0.15) is 21.9 Å². The van der Waals surface area contributed by atoms with Crippen molar-refractivity contribution in [3.05, 3.63) is 32.5 Å². The Labute approximate surface area is 162 Å². The van der Waals surface area contributed by atoms with Gasteiger partial charge in [0.2, 0.25) is 0 Å². The monoisotopic (exact) mass is 420 g/mol. The highest BCUT2D eigenvalue weighted by molar-refractivity contribution is 7.17. The number of hydrogen-bond donors (Lipinski definition) is 3. The fourth-order valence-corrected chi connectivity index (χ4v) is 3.95. The maximum atomic E-state index is 14.5. The number of thiazole rings is 1. The van der Waals surface area contributed by atoms with E-state index in [1.165, 1.54) is 6.20 Å². The van der Waals surface area contributed by atoms with E-state index in [9.17, 15) is 14.0 Å². The summed E-state index contributed by atoms with van der Waals surface area (Å²) in [4.78, 5) is 31.7. The Morgan fingerprint density at radius 2 is 2.23 bits per heavy atom. The topological polar surface area (TPSA) is 98.3 Å². The Morgan fingerprint density at radius 3 is 2.77 bits per heavy atom. The van der Waals surface area contributed by atoms with E-state index >= 15 is 0 Å². The largest absolute Gasteiger partial charge is 0.477 e. The highest BCUT2D eigenvalue weighted by Crippen LogP contribution is 2.29. The van der Waals surface area contributed by atoms with Gasteiger partial charge in [-0.15, -0.1) is 0 Å². The van der Waals surface area contributed by atoms with Crippen molar-refractivity contribution in [3.63, 3.8) is 0 Å². The molecular weight excluding hydrogens is 406 g/mol. The number of halogens is 3. The number of carboxylic acids is 1. The van der Waals surface area contributed by atoms with E-state index in [1.54, 1.807) is 11.8 Å². The second-order valence-corrected chi connectivity index (χ2v) is 7.66. The minimum absolute atomic E-state index is 0.00968. The average Bonchev–Trinajstić information content (AvgIpc) is 3.18. The molecule has 11 heteroatoms. The van der Waals surface area contributed by atoms with Gasteiger partial charge in [-0.1, -0.05) is 34.5 Å². The maximum absolute atomic E-state index is 14.5. The summed E-state index contributed by atoms with van der Waals surface area (Å²) in [6.45, 7) is 2.12. The van der Waals surface area contributed by atoms with E-state index in [0.717, 1.165) is 11.3 Å². The summed E-state index contributed by atoms with van der Waals surface area (Å²) >= 11 is 13.0. The van der Waals surface area contributed by atoms with E-state index in [1.807, 2.05) is 0 Å². The highest BCUT2D eigenvalue weighted by atomic mass is 35.5. The number of hydrogen-bond acceptors (Lipinski definition) is 5. The molecule has 26 heavy (non-hydrogen) atoms. The molecule has 3 heterocycles. The average molecular weight is 421 g/mol. The van der Waals surface area contributed by atoms with E-state index in [4.69, 9.17) is 28.3 Å². The van der Waals surface area contributed by atoms with Gasteiger partial charge >= 0.3 is 5.97 Å². The molecule has 0 spiro atoms. The zero-order valence-corrected chi connectivity index (χ0v) is 15.9. The number of amides is 1. The van der Waals surface area contributed by atoms with Gasteiger partial charge in [-0.25, -0.2) is 14.2 Å². The molecule has 1 aliphatic rings. The van der Waals surface area contributed by atoms with Crippen LogP contribution in [0.25, 0.3) is 0 Å². The summed E-state index contributed by atoms with van der Waals surface area (Å²) in [6.07, 6.45) is 0.262. The second kappa shape index (κ2) is 7.42. The van der Waals surface area contributed by atoms with Crippen LogP contribution in [0.5, 0.6) is 0 Å². The van der Waals surface area contributed by atoms with Gasteiger partial charge in [0, 0.05) is 12.1 Å². The quantitative estimate of drug-likeness (QED) is 0.705. The summed E-state index contributed by atoms with van der Waals surface area (Å²) in [6, 6.07) is -0.684. The molecule has 3 N–H and O–H groups in total. The van der Waals surface area contributed by atoms with Gasteiger partial charge in [0.15, 0.2) is 5.13 Å². The summed E-state index contributed by atoms with van der Waals surface area (Å²) in [5.41, 5.74) is 0.665. The van der Waals surface area contributed by atoms with Gasteiger partial charge in [0.25, 0.3) is 5.91 Å². The van der Waals surface area contributed by atoms with Crippen molar-refractivity contribution < 1.29 is 19.1 Å². The number of carbonyl (C=O) groups is 2. The van der Waals surface area contributed by atoms with Crippen molar-refractivity contribution in [2.75, 3.05) is 18.0 Å². The van der Waals surface area contributed by atoms with Crippen molar-refractivity contribution in [3.8, 4) is 0 Å². The lowest BCUT2D eigenvalue weighted by molar-refractivity contribution is 0.0701. The number of H-pyrrole nitrogens is 1. The third-order valence-corrected chi connectivity index (χ3v) is 6.07. The first-order valence-corrected chi connectivity index (χ1v) is 9.27. The molecule has 3 rings (SSSR count). The smallest absolute Gasteiger partial charge is 0.347 e. The van der Waals surface area contributed by atoms with Gasteiger partial charge in [-0.05, 0) is 13.3 Å². The fourth-order valence-electron chi connectivity index (χ4n) is 2.69. The van der Waals surface area contributed by atoms with Crippen LogP contribution in [0.15, 0.2) is 6.20 Å².